The van der Waals surface area contributed by atoms with Gasteiger partial charge in [0.15, 0.2) is 11.0 Å². The third-order valence-electron chi connectivity index (χ3n) is 5.42. The zero-order valence-electron chi connectivity index (χ0n) is 17.8. The maximum atomic E-state index is 12.6. The second-order valence-corrected chi connectivity index (χ2v) is 9.52. The summed E-state index contributed by atoms with van der Waals surface area (Å²) in [5, 5.41) is 13.5. The molecule has 0 aliphatic carbocycles. The van der Waals surface area contributed by atoms with E-state index in [1.807, 2.05) is 23.6 Å². The summed E-state index contributed by atoms with van der Waals surface area (Å²) in [6.45, 7) is 5.46. The van der Waals surface area contributed by atoms with Crippen LogP contribution in [0.4, 0.5) is 0 Å². The summed E-state index contributed by atoms with van der Waals surface area (Å²) in [7, 11) is 0. The molecule has 1 amide bonds. The smallest absolute Gasteiger partial charge is 0.230 e. The first-order valence-electron chi connectivity index (χ1n) is 10.6. The van der Waals surface area contributed by atoms with Crippen LogP contribution < -0.4 is 5.32 Å². The summed E-state index contributed by atoms with van der Waals surface area (Å²) in [4.78, 5) is 14.9. The van der Waals surface area contributed by atoms with Crippen LogP contribution in [0.3, 0.4) is 0 Å². The normalized spacial score (nSPS) is 16.4. The van der Waals surface area contributed by atoms with Crippen molar-refractivity contribution in [1.29, 1.82) is 0 Å². The van der Waals surface area contributed by atoms with Gasteiger partial charge >= 0.3 is 0 Å². The van der Waals surface area contributed by atoms with Gasteiger partial charge in [0.2, 0.25) is 5.91 Å². The Labute approximate surface area is 202 Å². The van der Waals surface area contributed by atoms with Crippen LogP contribution in [-0.4, -0.2) is 50.5 Å². The van der Waals surface area contributed by atoms with Crippen molar-refractivity contribution in [2.45, 2.75) is 37.6 Å². The van der Waals surface area contributed by atoms with E-state index in [0.29, 0.717) is 33.3 Å². The van der Waals surface area contributed by atoms with Gasteiger partial charge in [-0.05, 0) is 37.1 Å². The molecule has 1 aromatic heterocycles. The molecule has 0 spiro atoms. The number of amides is 1. The van der Waals surface area contributed by atoms with Gasteiger partial charge in [-0.2, -0.15) is 0 Å². The van der Waals surface area contributed by atoms with Crippen LogP contribution >= 0.6 is 35.0 Å². The van der Waals surface area contributed by atoms with Gasteiger partial charge in [0.1, 0.15) is 0 Å². The first-order chi connectivity index (χ1) is 15.5. The molecule has 0 bridgehead atoms. The van der Waals surface area contributed by atoms with Crippen LogP contribution in [0.25, 0.3) is 11.4 Å². The summed E-state index contributed by atoms with van der Waals surface area (Å²) >= 11 is 13.7. The lowest BCUT2D eigenvalue weighted by molar-refractivity contribution is -0.119. The van der Waals surface area contributed by atoms with Crippen molar-refractivity contribution in [3.05, 3.63) is 64.1 Å². The molecule has 9 heteroatoms. The van der Waals surface area contributed by atoms with Gasteiger partial charge in [-0.3, -0.25) is 9.69 Å². The van der Waals surface area contributed by atoms with Gasteiger partial charge in [-0.25, -0.2) is 0 Å². The van der Waals surface area contributed by atoms with Crippen LogP contribution in [0.2, 0.25) is 10.0 Å². The monoisotopic (exact) mass is 489 g/mol. The molecule has 1 aliphatic rings. The zero-order valence-corrected chi connectivity index (χ0v) is 20.1. The van der Waals surface area contributed by atoms with Gasteiger partial charge < -0.3 is 9.88 Å². The lowest BCUT2D eigenvalue weighted by Crippen LogP contribution is -2.38. The highest BCUT2D eigenvalue weighted by molar-refractivity contribution is 7.99. The fourth-order valence-electron chi connectivity index (χ4n) is 3.89. The average molecular weight is 490 g/mol. The molecule has 1 aliphatic heterocycles. The molecule has 0 saturated carbocycles. The molecule has 32 heavy (non-hydrogen) atoms. The van der Waals surface area contributed by atoms with Crippen molar-refractivity contribution in [2.24, 2.45) is 0 Å². The van der Waals surface area contributed by atoms with E-state index in [-0.39, 0.29) is 11.9 Å². The second kappa shape index (κ2) is 10.7. The summed E-state index contributed by atoms with van der Waals surface area (Å²) in [5.74, 6) is 0.976. The largest absolute Gasteiger partial charge is 0.351 e. The Morgan fingerprint density at radius 2 is 2.00 bits per heavy atom. The number of likely N-dealkylation sites (tertiary alicyclic amines) is 1. The van der Waals surface area contributed by atoms with Crippen LogP contribution in [0.1, 0.15) is 18.9 Å². The Kier molecular flexibility index (Phi) is 7.73. The van der Waals surface area contributed by atoms with Crippen molar-refractivity contribution in [3.63, 3.8) is 0 Å². The zero-order chi connectivity index (χ0) is 22.5. The van der Waals surface area contributed by atoms with Gasteiger partial charge in [0.25, 0.3) is 0 Å². The van der Waals surface area contributed by atoms with Crippen molar-refractivity contribution >= 4 is 40.9 Å². The van der Waals surface area contributed by atoms with Crippen LogP contribution in [0.15, 0.2) is 53.7 Å². The van der Waals surface area contributed by atoms with Crippen molar-refractivity contribution < 1.29 is 4.79 Å². The number of benzene rings is 2. The number of carbonyl (C=O) groups excluding carboxylic acids is 1. The number of hydrogen-bond acceptors (Lipinski definition) is 5. The molecule has 1 atom stereocenters. The van der Waals surface area contributed by atoms with E-state index in [0.717, 1.165) is 31.6 Å². The predicted molar refractivity (Wildman–Crippen MR) is 130 cm³/mol. The molecule has 2 heterocycles. The molecule has 1 saturated heterocycles. The van der Waals surface area contributed by atoms with Crippen LogP contribution in [0, 0.1) is 0 Å². The number of nitrogens with one attached hydrogen (secondary N) is 1. The Balaban J connectivity index is 1.31. The number of carbonyl (C=O) groups is 1. The lowest BCUT2D eigenvalue weighted by atomic mass is 10.2. The minimum Gasteiger partial charge on any atom is -0.351 e. The highest BCUT2D eigenvalue weighted by atomic mass is 35.5. The van der Waals surface area contributed by atoms with Crippen molar-refractivity contribution in [3.8, 4) is 11.4 Å². The fraction of sp³-hybridized carbons (Fsp3) is 0.348. The second-order valence-electron chi connectivity index (χ2n) is 7.74. The number of halogens is 2. The van der Waals surface area contributed by atoms with E-state index in [2.05, 4.69) is 44.7 Å². The number of rotatable bonds is 8. The molecular weight excluding hydrogens is 465 g/mol. The van der Waals surface area contributed by atoms with E-state index in [9.17, 15) is 4.79 Å². The first-order valence-corrected chi connectivity index (χ1v) is 12.3. The molecule has 1 N–H and O–H groups in total. The topological polar surface area (TPSA) is 63.1 Å². The molecule has 6 nitrogen and oxygen atoms in total. The molecule has 2 aromatic carbocycles. The molecule has 0 radical (unpaired) electrons. The van der Waals surface area contributed by atoms with Crippen LogP contribution in [-0.2, 0) is 17.9 Å². The molecular formula is C23H25Cl2N5OS. The predicted octanol–water partition coefficient (Wildman–Crippen LogP) is 4.75. The van der Waals surface area contributed by atoms with Gasteiger partial charge in [0, 0.05) is 42.8 Å². The molecule has 168 valence electrons. The quantitative estimate of drug-likeness (QED) is 0.462. The first kappa shape index (κ1) is 23.1. The number of nitrogens with zero attached hydrogens (tertiary/aromatic N) is 4. The fourth-order valence-corrected chi connectivity index (χ4v) is 5.19. The van der Waals surface area contributed by atoms with Crippen LogP contribution in [0.5, 0.6) is 0 Å². The highest BCUT2D eigenvalue weighted by Gasteiger charge is 2.24. The van der Waals surface area contributed by atoms with E-state index < -0.39 is 0 Å². The van der Waals surface area contributed by atoms with E-state index in [4.69, 9.17) is 23.2 Å². The number of thioether (sulfide) groups is 1. The molecule has 3 aromatic rings. The maximum absolute atomic E-state index is 12.6. The van der Waals surface area contributed by atoms with Gasteiger partial charge in [-0.1, -0.05) is 65.3 Å². The third kappa shape index (κ3) is 5.64. The van der Waals surface area contributed by atoms with Gasteiger partial charge in [-0.15, -0.1) is 10.2 Å². The minimum atomic E-state index is 0.0123. The lowest BCUT2D eigenvalue weighted by Gasteiger charge is -2.16. The Hall–Kier alpha value is -2.06. The number of aromatic nitrogens is 3. The summed E-state index contributed by atoms with van der Waals surface area (Å²) in [5.41, 5.74) is 2.07. The third-order valence-corrected chi connectivity index (χ3v) is 6.94. The average Bonchev–Trinajstić information content (AvgIpc) is 3.39. The minimum absolute atomic E-state index is 0.0123. The Morgan fingerprint density at radius 3 is 2.75 bits per heavy atom. The molecule has 1 fully saturated rings. The molecule has 0 unspecified atom stereocenters. The maximum Gasteiger partial charge on any atom is 0.230 e. The van der Waals surface area contributed by atoms with E-state index in [1.165, 1.54) is 17.3 Å². The van der Waals surface area contributed by atoms with E-state index in [1.54, 1.807) is 12.1 Å². The summed E-state index contributed by atoms with van der Waals surface area (Å²) in [6, 6.07) is 15.9. The Bertz CT molecular complexity index is 1080. The standard InChI is InChI=1S/C23H25Cl2N5OS/c1-2-30-22(19-9-8-17(24)12-20(19)25)27-28-23(30)32-15-21(31)26-18-10-11-29(14-18)13-16-6-4-3-5-7-16/h3-9,12,18H,2,10-11,13-15H2,1H3,(H,26,31)/t18-/m0/s1. The van der Waals surface area contributed by atoms with Gasteiger partial charge in [0.05, 0.1) is 10.8 Å². The summed E-state index contributed by atoms with van der Waals surface area (Å²) < 4.78 is 1.96. The molecule has 4 rings (SSSR count). The van der Waals surface area contributed by atoms with Crippen molar-refractivity contribution in [1.82, 2.24) is 25.0 Å². The van der Waals surface area contributed by atoms with Crippen molar-refractivity contribution in [2.75, 3.05) is 18.8 Å². The van der Waals surface area contributed by atoms with E-state index >= 15 is 0 Å². The summed E-state index contributed by atoms with van der Waals surface area (Å²) in [6.07, 6.45) is 0.966. The highest BCUT2D eigenvalue weighted by Crippen LogP contribution is 2.31. The number of hydrogen-bond donors (Lipinski definition) is 1. The Morgan fingerprint density at radius 1 is 1.19 bits per heavy atom. The SMILES string of the molecule is CCn1c(SCC(=O)N[C@H]2CCN(Cc3ccccc3)C2)nnc1-c1ccc(Cl)cc1Cl.